The average molecular weight is 291 g/mol. The van der Waals surface area contributed by atoms with E-state index in [-0.39, 0.29) is 5.48 Å². The van der Waals surface area contributed by atoms with Crippen LogP contribution in [0.2, 0.25) is 0 Å². The third-order valence-corrected chi connectivity index (χ3v) is 2.45. The molecule has 0 aliphatic rings. The van der Waals surface area contributed by atoms with Crippen LogP contribution >= 0.6 is 15.9 Å². The van der Waals surface area contributed by atoms with Crippen molar-refractivity contribution in [1.29, 1.82) is 0 Å². The summed E-state index contributed by atoms with van der Waals surface area (Å²) in [6.45, 7) is 3.43. The van der Waals surface area contributed by atoms with Crippen LogP contribution < -0.4 is 0 Å². The Kier molecular flexibility index (Phi) is 9.02. The molecule has 2 aromatic rings. The van der Waals surface area contributed by atoms with Crippen molar-refractivity contribution in [3.63, 3.8) is 0 Å². The zero-order valence-electron chi connectivity index (χ0n) is 9.55. The van der Waals surface area contributed by atoms with Gasteiger partial charge in [-0.1, -0.05) is 82.7 Å². The van der Waals surface area contributed by atoms with Gasteiger partial charge in [0.05, 0.1) is 0 Å². The van der Waals surface area contributed by atoms with Crippen LogP contribution in [0.3, 0.4) is 0 Å². The van der Waals surface area contributed by atoms with Crippen LogP contribution in [-0.4, -0.2) is 5.33 Å². The topological polar surface area (TPSA) is 28.5 Å². The molecule has 2 aromatic carbocycles. The van der Waals surface area contributed by atoms with Crippen molar-refractivity contribution < 1.29 is 5.48 Å². The number of alkyl halides is 1. The van der Waals surface area contributed by atoms with Crippen LogP contribution in [0.5, 0.6) is 0 Å². The molecule has 0 spiro atoms. The van der Waals surface area contributed by atoms with E-state index in [1.54, 1.807) is 6.08 Å². The minimum atomic E-state index is 0. The maximum Gasteiger partial charge on any atom is 0.0209 e. The largest absolute Gasteiger partial charge is 0.102 e. The van der Waals surface area contributed by atoms with E-state index in [0.717, 1.165) is 5.33 Å². The molecule has 2 heteroatoms. The van der Waals surface area contributed by atoms with Crippen LogP contribution in [0.4, 0.5) is 0 Å². The van der Waals surface area contributed by atoms with Crippen molar-refractivity contribution in [2.75, 3.05) is 5.33 Å². The first-order valence-electron chi connectivity index (χ1n) is 5.16. The molecule has 0 bridgehead atoms. The molecule has 0 N–H and O–H groups in total. The van der Waals surface area contributed by atoms with Crippen LogP contribution in [0.25, 0.3) is 11.1 Å². The van der Waals surface area contributed by atoms with Crippen molar-refractivity contribution in [2.24, 2.45) is 0 Å². The van der Waals surface area contributed by atoms with Gasteiger partial charge in [-0.2, -0.15) is 0 Å². The molecule has 2 rings (SSSR count). The van der Waals surface area contributed by atoms with Crippen molar-refractivity contribution in [2.45, 2.75) is 0 Å². The van der Waals surface area contributed by atoms with Crippen molar-refractivity contribution in [3.8, 4) is 11.1 Å². The molecular weight excluding hydrogens is 276 g/mol. The fraction of sp³-hybridized carbons (Fsp3) is 0.0667. The van der Waals surface area contributed by atoms with E-state index in [0.29, 0.717) is 0 Å². The van der Waals surface area contributed by atoms with Gasteiger partial charge in [0.25, 0.3) is 0 Å². The average Bonchev–Trinajstić information content (AvgIpc) is 2.41. The highest BCUT2D eigenvalue weighted by Gasteiger charge is 1.91. The lowest BCUT2D eigenvalue weighted by Crippen LogP contribution is -1.73. The summed E-state index contributed by atoms with van der Waals surface area (Å²) in [4.78, 5) is 0. The SMILES string of the molecule is C=CCBr.[O].c1ccc(-c2ccccc2)cc1. The number of benzene rings is 2. The summed E-state index contributed by atoms with van der Waals surface area (Å²) in [6.07, 6.45) is 1.79. The van der Waals surface area contributed by atoms with Gasteiger partial charge in [0.2, 0.25) is 0 Å². The van der Waals surface area contributed by atoms with Crippen molar-refractivity contribution in [3.05, 3.63) is 73.3 Å². The molecule has 2 radical (unpaired) electrons. The Morgan fingerprint density at radius 1 is 0.824 bits per heavy atom. The van der Waals surface area contributed by atoms with E-state index in [1.165, 1.54) is 11.1 Å². The Hall–Kier alpha value is -1.38. The second kappa shape index (κ2) is 9.82. The van der Waals surface area contributed by atoms with Gasteiger partial charge in [0, 0.05) is 10.8 Å². The molecule has 1 nitrogen and oxygen atoms in total. The zero-order valence-corrected chi connectivity index (χ0v) is 11.1. The fourth-order valence-electron chi connectivity index (χ4n) is 1.26. The molecule has 0 aromatic heterocycles. The molecule has 88 valence electrons. The van der Waals surface area contributed by atoms with Gasteiger partial charge in [-0.25, -0.2) is 0 Å². The molecule has 0 fully saturated rings. The summed E-state index contributed by atoms with van der Waals surface area (Å²) in [6, 6.07) is 20.8. The first kappa shape index (κ1) is 15.6. The van der Waals surface area contributed by atoms with Gasteiger partial charge >= 0.3 is 0 Å². The predicted molar refractivity (Wildman–Crippen MR) is 76.6 cm³/mol. The molecule has 0 atom stereocenters. The highest BCUT2D eigenvalue weighted by atomic mass is 79.9. The zero-order chi connectivity index (χ0) is 11.6. The Morgan fingerprint density at radius 3 is 1.35 bits per heavy atom. The molecule has 17 heavy (non-hydrogen) atoms. The van der Waals surface area contributed by atoms with E-state index in [9.17, 15) is 0 Å². The van der Waals surface area contributed by atoms with Gasteiger partial charge in [-0.05, 0) is 11.1 Å². The number of allylic oxidation sites excluding steroid dienone is 1. The highest BCUT2D eigenvalue weighted by molar-refractivity contribution is 9.09. The molecule has 0 unspecified atom stereocenters. The van der Waals surface area contributed by atoms with Crippen molar-refractivity contribution >= 4 is 15.9 Å². The molecular formula is C15H15BrO. The lowest BCUT2D eigenvalue weighted by molar-refractivity contribution is 0.686. The highest BCUT2D eigenvalue weighted by Crippen LogP contribution is 2.17. The monoisotopic (exact) mass is 290 g/mol. The summed E-state index contributed by atoms with van der Waals surface area (Å²) < 4.78 is 0. The lowest BCUT2D eigenvalue weighted by atomic mass is 10.1. The van der Waals surface area contributed by atoms with Gasteiger partial charge < -0.3 is 0 Å². The van der Waals surface area contributed by atoms with Gasteiger partial charge in [0.15, 0.2) is 0 Å². The Morgan fingerprint density at radius 2 is 1.12 bits per heavy atom. The lowest BCUT2D eigenvalue weighted by Gasteiger charge is -1.98. The summed E-state index contributed by atoms with van der Waals surface area (Å²) >= 11 is 3.13. The molecule has 0 heterocycles. The third kappa shape index (κ3) is 6.05. The third-order valence-electron chi connectivity index (χ3n) is 1.99. The van der Waals surface area contributed by atoms with Crippen LogP contribution in [0.15, 0.2) is 73.3 Å². The number of halogens is 1. The molecule has 0 aliphatic heterocycles. The van der Waals surface area contributed by atoms with E-state index in [2.05, 4.69) is 71.0 Å². The Labute approximate surface area is 111 Å². The van der Waals surface area contributed by atoms with E-state index in [1.807, 2.05) is 12.1 Å². The minimum absolute atomic E-state index is 0. The maximum absolute atomic E-state index is 3.43. The standard InChI is InChI=1S/C12H10.C3H5Br.O/c1-3-7-11(8-4-1)12-9-5-2-6-10-12;1-2-3-4;/h1-10H;2H,1,3H2;. The quantitative estimate of drug-likeness (QED) is 0.561. The summed E-state index contributed by atoms with van der Waals surface area (Å²) in [7, 11) is 0. The normalized spacial score (nSPS) is 8.29. The smallest absolute Gasteiger partial charge is 0.0209 e. The van der Waals surface area contributed by atoms with Crippen molar-refractivity contribution in [1.82, 2.24) is 0 Å². The predicted octanol–water partition coefficient (Wildman–Crippen LogP) is 4.80. The number of rotatable bonds is 2. The second-order valence-corrected chi connectivity index (χ2v) is 3.82. The second-order valence-electron chi connectivity index (χ2n) is 3.18. The summed E-state index contributed by atoms with van der Waals surface area (Å²) in [5.74, 6) is 0. The number of hydrogen-bond donors (Lipinski definition) is 0. The molecule has 0 saturated carbocycles. The fourth-order valence-corrected chi connectivity index (χ4v) is 1.26. The van der Waals surface area contributed by atoms with E-state index in [4.69, 9.17) is 0 Å². The van der Waals surface area contributed by atoms with Gasteiger partial charge in [-0.3, -0.25) is 0 Å². The van der Waals surface area contributed by atoms with Crippen LogP contribution in [0, 0.1) is 0 Å². The first-order valence-corrected chi connectivity index (χ1v) is 6.28. The Balaban J connectivity index is 0.000000453. The van der Waals surface area contributed by atoms with Crippen LogP contribution in [0.1, 0.15) is 0 Å². The van der Waals surface area contributed by atoms with E-state index < -0.39 is 0 Å². The Bertz CT molecular complexity index is 360. The van der Waals surface area contributed by atoms with E-state index >= 15 is 0 Å². The molecule has 0 amide bonds. The van der Waals surface area contributed by atoms with Crippen LogP contribution in [-0.2, 0) is 5.48 Å². The van der Waals surface area contributed by atoms with Gasteiger partial charge in [0.1, 0.15) is 0 Å². The molecule has 0 aliphatic carbocycles. The summed E-state index contributed by atoms with van der Waals surface area (Å²) in [5.41, 5.74) is 2.55. The first-order chi connectivity index (χ1) is 7.88. The van der Waals surface area contributed by atoms with Gasteiger partial charge in [-0.15, -0.1) is 6.58 Å². The summed E-state index contributed by atoms with van der Waals surface area (Å²) in [5, 5.41) is 0.896. The number of hydrogen-bond acceptors (Lipinski definition) is 0. The maximum atomic E-state index is 3.43. The minimum Gasteiger partial charge on any atom is -0.102 e. The molecule has 0 saturated heterocycles.